The minimum atomic E-state index is 1.04. The molecule has 0 saturated heterocycles. The van der Waals surface area contributed by atoms with Crippen LogP contribution in [-0.4, -0.2) is 30.1 Å². The molecular weight excluding hydrogens is 196 g/mol. The highest BCUT2D eigenvalue weighted by Crippen LogP contribution is 2.18. The number of likely N-dealkylation sites (N-methyl/N-ethyl adjacent to an activating group) is 1. The van der Waals surface area contributed by atoms with Crippen LogP contribution in [0.15, 0.2) is 48.8 Å². The molecule has 0 fully saturated rings. The molecule has 2 heteroatoms. The maximum absolute atomic E-state index is 2.24. The second-order valence-corrected chi connectivity index (χ2v) is 4.31. The molecule has 84 valence electrons. The van der Waals surface area contributed by atoms with Crippen molar-refractivity contribution in [2.75, 3.05) is 20.6 Å². The third-order valence-electron chi connectivity index (χ3n) is 2.66. The molecule has 0 N–H and O–H groups in total. The Labute approximate surface area is 97.1 Å². The summed E-state index contributed by atoms with van der Waals surface area (Å²) < 4.78 is 2.24. The van der Waals surface area contributed by atoms with E-state index in [1.807, 2.05) is 6.07 Å². The number of benzene rings is 1. The van der Waals surface area contributed by atoms with Gasteiger partial charge in [-0.15, -0.1) is 0 Å². The van der Waals surface area contributed by atoms with Crippen LogP contribution >= 0.6 is 0 Å². The van der Waals surface area contributed by atoms with Crippen LogP contribution in [0.3, 0.4) is 0 Å². The monoisotopic (exact) mass is 214 g/mol. The Morgan fingerprint density at radius 2 is 1.75 bits per heavy atom. The molecule has 2 nitrogen and oxygen atoms in total. The smallest absolute Gasteiger partial charge is 0.0347 e. The molecule has 0 aliphatic rings. The van der Waals surface area contributed by atoms with Crippen molar-refractivity contribution in [1.82, 2.24) is 9.47 Å². The van der Waals surface area contributed by atoms with Gasteiger partial charge in [-0.2, -0.15) is 0 Å². The summed E-state index contributed by atoms with van der Waals surface area (Å²) in [6, 6.07) is 12.7. The van der Waals surface area contributed by atoms with E-state index in [2.05, 4.69) is 66.3 Å². The van der Waals surface area contributed by atoms with Crippen LogP contribution in [0.5, 0.6) is 0 Å². The quantitative estimate of drug-likeness (QED) is 0.759. The molecule has 0 amide bonds. The molecule has 0 aliphatic carbocycles. The minimum Gasteiger partial charge on any atom is -0.352 e. The fourth-order valence-electron chi connectivity index (χ4n) is 1.70. The third-order valence-corrected chi connectivity index (χ3v) is 2.66. The van der Waals surface area contributed by atoms with Gasteiger partial charge >= 0.3 is 0 Å². The lowest BCUT2D eigenvalue weighted by Gasteiger charge is -2.09. The van der Waals surface area contributed by atoms with E-state index in [0.29, 0.717) is 0 Å². The van der Waals surface area contributed by atoms with Gasteiger partial charge in [0.1, 0.15) is 0 Å². The molecule has 16 heavy (non-hydrogen) atoms. The Bertz CT molecular complexity index is 429. The van der Waals surface area contributed by atoms with E-state index >= 15 is 0 Å². The first kappa shape index (κ1) is 11.0. The molecular formula is C14H18N2. The maximum Gasteiger partial charge on any atom is 0.0347 e. The topological polar surface area (TPSA) is 8.17 Å². The van der Waals surface area contributed by atoms with Crippen LogP contribution in [0.1, 0.15) is 0 Å². The highest BCUT2D eigenvalue weighted by Gasteiger charge is 1.99. The summed E-state index contributed by atoms with van der Waals surface area (Å²) in [7, 11) is 4.20. The summed E-state index contributed by atoms with van der Waals surface area (Å²) in [5.74, 6) is 0. The molecule has 0 unspecified atom stereocenters. The van der Waals surface area contributed by atoms with Crippen LogP contribution in [0.25, 0.3) is 11.1 Å². The van der Waals surface area contributed by atoms with E-state index in [0.717, 1.165) is 13.1 Å². The van der Waals surface area contributed by atoms with Gasteiger partial charge in [0.2, 0.25) is 0 Å². The molecule has 1 heterocycles. The Kier molecular flexibility index (Phi) is 3.42. The van der Waals surface area contributed by atoms with E-state index < -0.39 is 0 Å². The van der Waals surface area contributed by atoms with Gasteiger partial charge in [-0.1, -0.05) is 30.3 Å². The molecule has 2 aromatic rings. The van der Waals surface area contributed by atoms with Crippen molar-refractivity contribution in [3.63, 3.8) is 0 Å². The highest BCUT2D eigenvalue weighted by molar-refractivity contribution is 5.62. The average Bonchev–Trinajstić information content (AvgIpc) is 2.76. The summed E-state index contributed by atoms with van der Waals surface area (Å²) in [6.07, 6.45) is 4.35. The fourth-order valence-corrected chi connectivity index (χ4v) is 1.70. The van der Waals surface area contributed by atoms with Gasteiger partial charge in [-0.3, -0.25) is 0 Å². The molecule has 0 bridgehead atoms. The van der Waals surface area contributed by atoms with E-state index in [9.17, 15) is 0 Å². The average molecular weight is 214 g/mol. The standard InChI is InChI=1S/C14H18N2/c1-15(2)10-11-16-9-8-14(12-16)13-6-4-3-5-7-13/h3-9,12H,10-11H2,1-2H3. The second kappa shape index (κ2) is 4.99. The van der Waals surface area contributed by atoms with E-state index in [1.165, 1.54) is 11.1 Å². The normalized spacial score (nSPS) is 10.9. The minimum absolute atomic E-state index is 1.04. The molecule has 0 spiro atoms. The Hall–Kier alpha value is -1.54. The van der Waals surface area contributed by atoms with Gasteiger partial charge in [0, 0.05) is 25.5 Å². The van der Waals surface area contributed by atoms with Crippen molar-refractivity contribution in [2.24, 2.45) is 0 Å². The van der Waals surface area contributed by atoms with Crippen LogP contribution < -0.4 is 0 Å². The number of hydrogen-bond acceptors (Lipinski definition) is 1. The predicted octanol–water partition coefficient (Wildman–Crippen LogP) is 2.72. The van der Waals surface area contributed by atoms with Gasteiger partial charge < -0.3 is 9.47 Å². The second-order valence-electron chi connectivity index (χ2n) is 4.31. The SMILES string of the molecule is CN(C)CCn1ccc(-c2ccccc2)c1. The fraction of sp³-hybridized carbons (Fsp3) is 0.286. The molecule has 0 atom stereocenters. The lowest BCUT2D eigenvalue weighted by atomic mass is 10.1. The largest absolute Gasteiger partial charge is 0.352 e. The van der Waals surface area contributed by atoms with Crippen molar-refractivity contribution in [1.29, 1.82) is 0 Å². The van der Waals surface area contributed by atoms with Gasteiger partial charge in [-0.05, 0) is 31.3 Å². The molecule has 1 aromatic carbocycles. The highest BCUT2D eigenvalue weighted by atomic mass is 15.1. The zero-order valence-corrected chi connectivity index (χ0v) is 9.93. The molecule has 0 saturated carbocycles. The molecule has 0 aliphatic heterocycles. The van der Waals surface area contributed by atoms with Crippen molar-refractivity contribution in [3.8, 4) is 11.1 Å². The number of aromatic nitrogens is 1. The van der Waals surface area contributed by atoms with E-state index in [-0.39, 0.29) is 0 Å². The Morgan fingerprint density at radius 1 is 1.00 bits per heavy atom. The van der Waals surface area contributed by atoms with Crippen LogP contribution in [0, 0.1) is 0 Å². The van der Waals surface area contributed by atoms with Crippen molar-refractivity contribution in [2.45, 2.75) is 6.54 Å². The molecule has 1 aromatic heterocycles. The lowest BCUT2D eigenvalue weighted by Crippen LogP contribution is -2.17. The summed E-state index contributed by atoms with van der Waals surface area (Å²) in [4.78, 5) is 2.20. The first-order valence-corrected chi connectivity index (χ1v) is 5.61. The summed E-state index contributed by atoms with van der Waals surface area (Å²) in [5.41, 5.74) is 2.57. The zero-order chi connectivity index (χ0) is 11.4. The van der Waals surface area contributed by atoms with Crippen molar-refractivity contribution in [3.05, 3.63) is 48.8 Å². The first-order chi connectivity index (χ1) is 7.75. The van der Waals surface area contributed by atoms with Gasteiger partial charge in [0.05, 0.1) is 0 Å². The van der Waals surface area contributed by atoms with Crippen molar-refractivity contribution >= 4 is 0 Å². The van der Waals surface area contributed by atoms with E-state index in [1.54, 1.807) is 0 Å². The van der Waals surface area contributed by atoms with Crippen LogP contribution in [0.4, 0.5) is 0 Å². The maximum atomic E-state index is 2.24. The van der Waals surface area contributed by atoms with Gasteiger partial charge in [-0.25, -0.2) is 0 Å². The van der Waals surface area contributed by atoms with Crippen molar-refractivity contribution < 1.29 is 0 Å². The third kappa shape index (κ3) is 2.74. The molecule has 0 radical (unpaired) electrons. The van der Waals surface area contributed by atoms with Gasteiger partial charge in [0.25, 0.3) is 0 Å². The van der Waals surface area contributed by atoms with Crippen LogP contribution in [0.2, 0.25) is 0 Å². The molecule has 2 rings (SSSR count). The summed E-state index contributed by atoms with van der Waals surface area (Å²) >= 11 is 0. The number of nitrogens with zero attached hydrogens (tertiary/aromatic N) is 2. The Morgan fingerprint density at radius 3 is 2.44 bits per heavy atom. The van der Waals surface area contributed by atoms with Gasteiger partial charge in [0.15, 0.2) is 0 Å². The lowest BCUT2D eigenvalue weighted by molar-refractivity contribution is 0.384. The van der Waals surface area contributed by atoms with E-state index in [4.69, 9.17) is 0 Å². The summed E-state index contributed by atoms with van der Waals surface area (Å²) in [6.45, 7) is 2.11. The van der Waals surface area contributed by atoms with Crippen LogP contribution in [-0.2, 0) is 6.54 Å². The predicted molar refractivity (Wildman–Crippen MR) is 68.4 cm³/mol. The summed E-state index contributed by atoms with van der Waals surface area (Å²) in [5, 5.41) is 0. The first-order valence-electron chi connectivity index (χ1n) is 5.61. The zero-order valence-electron chi connectivity index (χ0n) is 9.93. The Balaban J connectivity index is 2.08. The number of rotatable bonds is 4. The number of hydrogen-bond donors (Lipinski definition) is 0.